The fraction of sp³-hybridized carbons (Fsp3) is 0.263. The maximum absolute atomic E-state index is 11.9. The van der Waals surface area contributed by atoms with E-state index in [1.54, 1.807) is 43.5 Å². The van der Waals surface area contributed by atoms with Crippen LogP contribution in [0.25, 0.3) is 0 Å². The average Bonchev–Trinajstić information content (AvgIpc) is 2.66. The first-order valence-corrected chi connectivity index (χ1v) is 7.84. The molecule has 2 aromatic carbocycles. The van der Waals surface area contributed by atoms with E-state index in [2.05, 4.69) is 10.1 Å². The highest BCUT2D eigenvalue weighted by atomic mass is 16.5. The first-order chi connectivity index (χ1) is 12.1. The summed E-state index contributed by atoms with van der Waals surface area (Å²) < 4.78 is 15.4. The van der Waals surface area contributed by atoms with Crippen LogP contribution < -0.4 is 14.8 Å². The van der Waals surface area contributed by atoms with Gasteiger partial charge in [-0.2, -0.15) is 0 Å². The van der Waals surface area contributed by atoms with E-state index < -0.39 is 0 Å². The predicted octanol–water partition coefficient (Wildman–Crippen LogP) is 2.57. The molecule has 2 aromatic rings. The van der Waals surface area contributed by atoms with Crippen molar-refractivity contribution in [2.24, 2.45) is 0 Å². The van der Waals surface area contributed by atoms with Crippen molar-refractivity contribution in [3.63, 3.8) is 0 Å². The van der Waals surface area contributed by atoms with E-state index in [0.717, 1.165) is 5.56 Å². The number of hydrogen-bond donors (Lipinski definition) is 1. The van der Waals surface area contributed by atoms with Crippen LogP contribution in [-0.4, -0.2) is 32.7 Å². The van der Waals surface area contributed by atoms with E-state index in [4.69, 9.17) is 9.47 Å². The van der Waals surface area contributed by atoms with Crippen LogP contribution in [0.15, 0.2) is 48.5 Å². The summed E-state index contributed by atoms with van der Waals surface area (Å²) in [6.07, 6.45) is 0.234. The Labute approximate surface area is 146 Å². The SMILES string of the molecule is COC(=O)c1ccc(CNC(=O)CCOc2ccccc2OC)cc1. The Hall–Kier alpha value is -3.02. The van der Waals surface area contributed by atoms with E-state index in [1.165, 1.54) is 7.11 Å². The number of para-hydroxylation sites is 2. The molecule has 0 radical (unpaired) electrons. The number of amides is 1. The second kappa shape index (κ2) is 9.32. The number of carbonyl (C=O) groups is 2. The standard InChI is InChI=1S/C19H21NO5/c1-23-16-5-3-4-6-17(16)25-12-11-18(21)20-13-14-7-9-15(10-8-14)19(22)24-2/h3-10H,11-13H2,1-2H3,(H,20,21). The molecule has 0 unspecified atom stereocenters. The molecular formula is C19H21NO5. The highest BCUT2D eigenvalue weighted by molar-refractivity contribution is 5.89. The minimum absolute atomic E-state index is 0.119. The van der Waals surface area contributed by atoms with Crippen molar-refractivity contribution >= 4 is 11.9 Å². The molecule has 0 aliphatic carbocycles. The Morgan fingerprint density at radius 2 is 1.64 bits per heavy atom. The van der Waals surface area contributed by atoms with Crippen LogP contribution >= 0.6 is 0 Å². The van der Waals surface area contributed by atoms with Crippen LogP contribution in [0.5, 0.6) is 11.5 Å². The number of rotatable bonds is 8. The predicted molar refractivity (Wildman–Crippen MR) is 92.7 cm³/mol. The molecule has 25 heavy (non-hydrogen) atoms. The van der Waals surface area contributed by atoms with Gasteiger partial charge < -0.3 is 19.5 Å². The Morgan fingerprint density at radius 1 is 0.960 bits per heavy atom. The van der Waals surface area contributed by atoms with E-state index in [9.17, 15) is 9.59 Å². The second-order valence-electron chi connectivity index (χ2n) is 5.21. The van der Waals surface area contributed by atoms with Gasteiger partial charge in [-0.05, 0) is 29.8 Å². The molecule has 0 bridgehead atoms. The summed E-state index contributed by atoms with van der Waals surface area (Å²) in [5.74, 6) is 0.737. The third-order valence-corrected chi connectivity index (χ3v) is 3.52. The zero-order valence-electron chi connectivity index (χ0n) is 14.3. The van der Waals surface area contributed by atoms with Crippen molar-refractivity contribution in [1.82, 2.24) is 5.32 Å². The number of benzene rings is 2. The average molecular weight is 343 g/mol. The summed E-state index contributed by atoms with van der Waals surface area (Å²) in [5.41, 5.74) is 1.37. The Balaban J connectivity index is 1.74. The molecule has 1 N–H and O–H groups in total. The van der Waals surface area contributed by atoms with Gasteiger partial charge in [-0.1, -0.05) is 24.3 Å². The molecule has 0 aliphatic rings. The van der Waals surface area contributed by atoms with Crippen molar-refractivity contribution < 1.29 is 23.8 Å². The number of nitrogens with one attached hydrogen (secondary N) is 1. The molecule has 0 fully saturated rings. The summed E-state index contributed by atoms with van der Waals surface area (Å²) >= 11 is 0. The number of esters is 1. The summed E-state index contributed by atoms with van der Waals surface area (Å²) in [6.45, 7) is 0.641. The third-order valence-electron chi connectivity index (χ3n) is 3.52. The molecule has 1 amide bonds. The highest BCUT2D eigenvalue weighted by Gasteiger charge is 2.07. The molecule has 0 aliphatic heterocycles. The summed E-state index contributed by atoms with van der Waals surface area (Å²) in [4.78, 5) is 23.2. The van der Waals surface area contributed by atoms with E-state index in [1.807, 2.05) is 12.1 Å². The largest absolute Gasteiger partial charge is 0.493 e. The quantitative estimate of drug-likeness (QED) is 0.746. The molecule has 0 saturated heterocycles. The maximum atomic E-state index is 11.9. The zero-order valence-corrected chi connectivity index (χ0v) is 14.3. The van der Waals surface area contributed by atoms with Crippen LogP contribution in [0.1, 0.15) is 22.3 Å². The van der Waals surface area contributed by atoms with Crippen molar-refractivity contribution in [3.05, 3.63) is 59.7 Å². The summed E-state index contributed by atoms with van der Waals surface area (Å²) in [7, 11) is 2.91. The Morgan fingerprint density at radius 3 is 2.28 bits per heavy atom. The lowest BCUT2D eigenvalue weighted by Crippen LogP contribution is -2.24. The molecule has 0 saturated carbocycles. The molecule has 2 rings (SSSR count). The molecular weight excluding hydrogens is 322 g/mol. The number of hydrogen-bond acceptors (Lipinski definition) is 5. The molecule has 6 nitrogen and oxygen atoms in total. The molecule has 132 valence electrons. The number of ether oxygens (including phenoxy) is 3. The highest BCUT2D eigenvalue weighted by Crippen LogP contribution is 2.25. The topological polar surface area (TPSA) is 73.9 Å². The van der Waals surface area contributed by atoms with Gasteiger partial charge in [0.1, 0.15) is 0 Å². The molecule has 6 heteroatoms. The zero-order chi connectivity index (χ0) is 18.1. The van der Waals surface area contributed by atoms with Crippen molar-refractivity contribution in [2.75, 3.05) is 20.8 Å². The van der Waals surface area contributed by atoms with Crippen LogP contribution in [-0.2, 0) is 16.1 Å². The van der Waals surface area contributed by atoms with Gasteiger partial charge in [0.15, 0.2) is 11.5 Å². The van der Waals surface area contributed by atoms with Gasteiger partial charge in [0, 0.05) is 6.54 Å². The smallest absolute Gasteiger partial charge is 0.337 e. The molecule has 0 heterocycles. The van der Waals surface area contributed by atoms with Gasteiger partial charge in [-0.3, -0.25) is 4.79 Å². The summed E-state index contributed by atoms with van der Waals surface area (Å²) in [5, 5.41) is 2.81. The lowest BCUT2D eigenvalue weighted by Gasteiger charge is -2.10. The normalized spacial score (nSPS) is 10.0. The van der Waals surface area contributed by atoms with Crippen LogP contribution in [0.3, 0.4) is 0 Å². The van der Waals surface area contributed by atoms with Crippen LogP contribution in [0.4, 0.5) is 0 Å². The number of carbonyl (C=O) groups excluding carboxylic acids is 2. The minimum Gasteiger partial charge on any atom is -0.493 e. The van der Waals surface area contributed by atoms with Crippen molar-refractivity contribution in [3.8, 4) is 11.5 Å². The van der Waals surface area contributed by atoms with Crippen LogP contribution in [0.2, 0.25) is 0 Å². The van der Waals surface area contributed by atoms with Gasteiger partial charge in [0.2, 0.25) is 5.91 Å². The lowest BCUT2D eigenvalue weighted by molar-refractivity contribution is -0.121. The van der Waals surface area contributed by atoms with Gasteiger partial charge in [0.25, 0.3) is 0 Å². The Bertz CT molecular complexity index is 712. The maximum Gasteiger partial charge on any atom is 0.337 e. The minimum atomic E-state index is -0.385. The molecule has 0 spiro atoms. The van der Waals surface area contributed by atoms with Gasteiger partial charge in [0.05, 0.1) is 32.8 Å². The molecule has 0 atom stereocenters. The summed E-state index contributed by atoms with van der Waals surface area (Å²) in [6, 6.07) is 14.2. The van der Waals surface area contributed by atoms with Crippen molar-refractivity contribution in [2.45, 2.75) is 13.0 Å². The third kappa shape index (κ3) is 5.53. The van der Waals surface area contributed by atoms with E-state index in [0.29, 0.717) is 23.6 Å². The molecule has 0 aromatic heterocycles. The second-order valence-corrected chi connectivity index (χ2v) is 5.21. The lowest BCUT2D eigenvalue weighted by atomic mass is 10.1. The van der Waals surface area contributed by atoms with Crippen molar-refractivity contribution in [1.29, 1.82) is 0 Å². The van der Waals surface area contributed by atoms with Gasteiger partial charge in [-0.25, -0.2) is 4.79 Å². The van der Waals surface area contributed by atoms with Gasteiger partial charge in [-0.15, -0.1) is 0 Å². The van der Waals surface area contributed by atoms with E-state index >= 15 is 0 Å². The van der Waals surface area contributed by atoms with Gasteiger partial charge >= 0.3 is 5.97 Å². The van der Waals surface area contributed by atoms with Crippen LogP contribution in [0, 0.1) is 0 Å². The van der Waals surface area contributed by atoms with E-state index in [-0.39, 0.29) is 24.9 Å². The fourth-order valence-electron chi connectivity index (χ4n) is 2.16. The monoisotopic (exact) mass is 343 g/mol. The first-order valence-electron chi connectivity index (χ1n) is 7.84. The fourth-order valence-corrected chi connectivity index (χ4v) is 2.16. The first kappa shape index (κ1) is 18.3. The number of methoxy groups -OCH3 is 2. The Kier molecular flexibility index (Phi) is 6.83.